The van der Waals surface area contributed by atoms with Gasteiger partial charge in [-0.15, -0.1) is 0 Å². The van der Waals surface area contributed by atoms with Gasteiger partial charge in [0.1, 0.15) is 0 Å². The van der Waals surface area contributed by atoms with E-state index in [1.807, 2.05) is 0 Å². The van der Waals surface area contributed by atoms with Crippen LogP contribution in [-0.4, -0.2) is 48.2 Å². The average molecular weight is 263 g/mol. The monoisotopic (exact) mass is 263 g/mol. The molecule has 0 radical (unpaired) electrons. The van der Waals surface area contributed by atoms with Crippen LogP contribution in [0, 0.1) is 0 Å². The third-order valence-electron chi connectivity index (χ3n) is 1.87. The van der Waals surface area contributed by atoms with Gasteiger partial charge in [0.05, 0.1) is 12.4 Å². The second kappa shape index (κ2) is 11.7. The Kier molecular flexibility index (Phi) is 11.2. The fourth-order valence-electron chi connectivity index (χ4n) is 1.08. The summed E-state index contributed by atoms with van der Waals surface area (Å²) in [6.45, 7) is 2.82. The summed E-state index contributed by atoms with van der Waals surface area (Å²) in [6, 6.07) is 0. The Hall–Kier alpha value is -0.750. The Balaban J connectivity index is 3.30. The van der Waals surface area contributed by atoms with Crippen molar-refractivity contribution in [1.82, 2.24) is 5.32 Å². The van der Waals surface area contributed by atoms with E-state index in [2.05, 4.69) is 5.32 Å². The van der Waals surface area contributed by atoms with Gasteiger partial charge in [0, 0.05) is 19.6 Å². The molecule has 0 fully saturated rings. The molecule has 0 bridgehead atoms. The first-order valence-corrected chi connectivity index (χ1v) is 6.97. The van der Waals surface area contributed by atoms with Crippen molar-refractivity contribution in [2.75, 3.05) is 31.3 Å². The molecule has 0 aliphatic heterocycles. The molecule has 0 aliphatic carbocycles. The topological polar surface area (TPSA) is 75.6 Å². The summed E-state index contributed by atoms with van der Waals surface area (Å²) in [5.74, 6) is 0.933. The zero-order chi connectivity index (χ0) is 12.9. The molecule has 0 rings (SSSR count). The molecule has 0 saturated heterocycles. The number of ether oxygens (including phenoxy) is 1. The zero-order valence-electron chi connectivity index (χ0n) is 10.2. The summed E-state index contributed by atoms with van der Waals surface area (Å²) in [5.41, 5.74) is 0. The van der Waals surface area contributed by atoms with Crippen molar-refractivity contribution >= 4 is 23.6 Å². The van der Waals surface area contributed by atoms with Crippen LogP contribution in [0.2, 0.25) is 0 Å². The third kappa shape index (κ3) is 11.5. The highest BCUT2D eigenvalue weighted by Gasteiger charge is 2.03. The number of carbonyl (C=O) groups is 2. The highest BCUT2D eigenvalue weighted by Crippen LogP contribution is 2.01. The second-order valence-electron chi connectivity index (χ2n) is 3.39. The minimum Gasteiger partial charge on any atom is -0.466 e. The van der Waals surface area contributed by atoms with Crippen LogP contribution in [-0.2, 0) is 14.3 Å². The molecule has 0 aliphatic rings. The Morgan fingerprint density at radius 1 is 1.35 bits per heavy atom. The smallest absolute Gasteiger partial charge is 0.305 e. The van der Waals surface area contributed by atoms with Gasteiger partial charge < -0.3 is 15.2 Å². The molecule has 17 heavy (non-hydrogen) atoms. The third-order valence-corrected chi connectivity index (χ3v) is 2.91. The number of carbonyl (C=O) groups excluding carboxylic acids is 2. The predicted octanol–water partition coefficient (Wildman–Crippen LogP) is 0.561. The van der Waals surface area contributed by atoms with E-state index in [1.165, 1.54) is 11.8 Å². The first kappa shape index (κ1) is 16.2. The molecule has 0 saturated carbocycles. The number of esters is 1. The molecule has 0 heterocycles. The van der Waals surface area contributed by atoms with Gasteiger partial charge in [0.25, 0.3) is 0 Å². The fraction of sp³-hybridized carbons (Fsp3) is 0.818. The van der Waals surface area contributed by atoms with Gasteiger partial charge in [0.15, 0.2) is 0 Å². The van der Waals surface area contributed by atoms with Gasteiger partial charge >= 0.3 is 5.97 Å². The SMILES string of the molecule is CCOC(=O)CCCNC(=O)CSCCCO. The van der Waals surface area contributed by atoms with Gasteiger partial charge in [-0.1, -0.05) is 0 Å². The predicted molar refractivity (Wildman–Crippen MR) is 67.9 cm³/mol. The molecule has 0 spiro atoms. The van der Waals surface area contributed by atoms with Crippen molar-refractivity contribution in [2.45, 2.75) is 26.2 Å². The van der Waals surface area contributed by atoms with Gasteiger partial charge in [0.2, 0.25) is 5.91 Å². The molecule has 6 heteroatoms. The van der Waals surface area contributed by atoms with Crippen LogP contribution in [0.25, 0.3) is 0 Å². The van der Waals surface area contributed by atoms with Gasteiger partial charge in [-0.3, -0.25) is 9.59 Å². The van der Waals surface area contributed by atoms with Crippen molar-refractivity contribution in [2.24, 2.45) is 0 Å². The maximum absolute atomic E-state index is 11.3. The van der Waals surface area contributed by atoms with E-state index < -0.39 is 0 Å². The molecule has 5 nitrogen and oxygen atoms in total. The Morgan fingerprint density at radius 3 is 2.76 bits per heavy atom. The van der Waals surface area contributed by atoms with Gasteiger partial charge in [-0.05, 0) is 25.5 Å². The van der Waals surface area contributed by atoms with E-state index in [4.69, 9.17) is 9.84 Å². The van der Waals surface area contributed by atoms with Crippen LogP contribution in [0.5, 0.6) is 0 Å². The largest absolute Gasteiger partial charge is 0.466 e. The Morgan fingerprint density at radius 2 is 2.12 bits per heavy atom. The van der Waals surface area contributed by atoms with E-state index in [1.54, 1.807) is 6.92 Å². The minimum atomic E-state index is -0.223. The van der Waals surface area contributed by atoms with Crippen LogP contribution < -0.4 is 5.32 Å². The highest BCUT2D eigenvalue weighted by molar-refractivity contribution is 7.99. The van der Waals surface area contributed by atoms with Crippen molar-refractivity contribution < 1.29 is 19.4 Å². The zero-order valence-corrected chi connectivity index (χ0v) is 11.1. The summed E-state index contributed by atoms with van der Waals surface area (Å²) in [6.07, 6.45) is 1.65. The molecule has 100 valence electrons. The second-order valence-corrected chi connectivity index (χ2v) is 4.49. The minimum absolute atomic E-state index is 0.0307. The average Bonchev–Trinajstić information content (AvgIpc) is 2.31. The van der Waals surface area contributed by atoms with E-state index >= 15 is 0 Å². The summed E-state index contributed by atoms with van der Waals surface area (Å²) in [7, 11) is 0. The first-order chi connectivity index (χ1) is 8.20. The lowest BCUT2D eigenvalue weighted by Crippen LogP contribution is -2.26. The van der Waals surface area contributed by atoms with Crippen LogP contribution in [0.4, 0.5) is 0 Å². The summed E-state index contributed by atoms with van der Waals surface area (Å²) in [4.78, 5) is 22.2. The molecular formula is C11H21NO4S. The molecule has 0 aromatic carbocycles. The Bertz CT molecular complexity index is 224. The Labute approximate surface area is 106 Å². The fourth-order valence-corrected chi connectivity index (χ4v) is 1.84. The number of nitrogens with one attached hydrogen (secondary N) is 1. The number of amides is 1. The normalized spacial score (nSPS) is 10.0. The summed E-state index contributed by atoms with van der Waals surface area (Å²) < 4.78 is 4.76. The molecule has 0 atom stereocenters. The van der Waals surface area contributed by atoms with Crippen molar-refractivity contribution in [3.8, 4) is 0 Å². The van der Waals surface area contributed by atoms with E-state index in [9.17, 15) is 9.59 Å². The summed E-state index contributed by atoms with van der Waals surface area (Å²) >= 11 is 1.49. The number of hydrogen-bond acceptors (Lipinski definition) is 5. The standard InChI is InChI=1S/C11H21NO4S/c1-2-16-11(15)5-3-6-12-10(14)9-17-8-4-7-13/h13H,2-9H2,1H3,(H,12,14). The van der Waals surface area contributed by atoms with Crippen molar-refractivity contribution in [3.63, 3.8) is 0 Å². The van der Waals surface area contributed by atoms with E-state index in [0.29, 0.717) is 38.2 Å². The van der Waals surface area contributed by atoms with Crippen molar-refractivity contribution in [3.05, 3.63) is 0 Å². The quantitative estimate of drug-likeness (QED) is 0.445. The van der Waals surface area contributed by atoms with Gasteiger partial charge in [-0.2, -0.15) is 11.8 Å². The molecule has 2 N–H and O–H groups in total. The van der Waals surface area contributed by atoms with Crippen LogP contribution in [0.3, 0.4) is 0 Å². The lowest BCUT2D eigenvalue weighted by molar-refractivity contribution is -0.143. The van der Waals surface area contributed by atoms with Gasteiger partial charge in [-0.25, -0.2) is 0 Å². The van der Waals surface area contributed by atoms with Crippen LogP contribution >= 0.6 is 11.8 Å². The molecule has 0 unspecified atom stereocenters. The lowest BCUT2D eigenvalue weighted by Gasteiger charge is -2.04. The van der Waals surface area contributed by atoms with Crippen molar-refractivity contribution in [1.29, 1.82) is 0 Å². The number of aliphatic hydroxyl groups is 1. The number of thioether (sulfide) groups is 1. The molecule has 1 amide bonds. The van der Waals surface area contributed by atoms with E-state index in [-0.39, 0.29) is 18.5 Å². The van der Waals surface area contributed by atoms with E-state index in [0.717, 1.165) is 5.75 Å². The lowest BCUT2D eigenvalue weighted by atomic mass is 10.3. The molecule has 0 aromatic rings. The molecule has 0 aromatic heterocycles. The number of rotatable bonds is 10. The number of aliphatic hydroxyl groups excluding tert-OH is 1. The first-order valence-electron chi connectivity index (χ1n) is 5.81. The molecular weight excluding hydrogens is 242 g/mol. The van der Waals surface area contributed by atoms with Crippen LogP contribution in [0.15, 0.2) is 0 Å². The summed E-state index contributed by atoms with van der Waals surface area (Å²) in [5, 5.41) is 11.3. The maximum atomic E-state index is 11.3. The highest BCUT2D eigenvalue weighted by atomic mass is 32.2. The number of hydrogen-bond donors (Lipinski definition) is 2. The van der Waals surface area contributed by atoms with Crippen LogP contribution in [0.1, 0.15) is 26.2 Å². The maximum Gasteiger partial charge on any atom is 0.305 e.